The van der Waals surface area contributed by atoms with Crippen molar-refractivity contribution in [1.29, 1.82) is 0 Å². The van der Waals surface area contributed by atoms with Crippen LogP contribution in [0, 0.1) is 12.8 Å². The predicted molar refractivity (Wildman–Crippen MR) is 90.6 cm³/mol. The van der Waals surface area contributed by atoms with Crippen molar-refractivity contribution in [2.75, 3.05) is 0 Å². The van der Waals surface area contributed by atoms with E-state index in [1.54, 1.807) is 0 Å². The van der Waals surface area contributed by atoms with E-state index in [1.807, 2.05) is 11.3 Å². The molecule has 0 aromatic carbocycles. The van der Waals surface area contributed by atoms with E-state index in [-0.39, 0.29) is 5.41 Å². The Morgan fingerprint density at radius 3 is 2.10 bits per heavy atom. The fourth-order valence-electron chi connectivity index (χ4n) is 2.73. The number of nitrogens with one attached hydrogen (secondary N) is 1. The third kappa shape index (κ3) is 4.29. The van der Waals surface area contributed by atoms with Crippen LogP contribution in [0.4, 0.5) is 0 Å². The average Bonchev–Trinajstić information content (AvgIpc) is 2.72. The highest BCUT2D eigenvalue weighted by molar-refractivity contribution is 7.12. The third-order valence-corrected chi connectivity index (χ3v) is 5.90. The summed E-state index contributed by atoms with van der Waals surface area (Å²) in [7, 11) is 0. The fourth-order valence-corrected chi connectivity index (χ4v) is 3.87. The minimum absolute atomic E-state index is 0.147. The van der Waals surface area contributed by atoms with Crippen LogP contribution in [0.2, 0.25) is 0 Å². The Labute approximate surface area is 129 Å². The smallest absolute Gasteiger partial charge is 0.0985 e. The molecule has 0 aliphatic heterocycles. The minimum Gasteiger partial charge on any atom is -0.307 e. The molecule has 1 aromatic rings. The van der Waals surface area contributed by atoms with Gasteiger partial charge in [-0.05, 0) is 26.7 Å². The summed E-state index contributed by atoms with van der Waals surface area (Å²) in [6.07, 6.45) is 2.48. The first-order valence-electron chi connectivity index (χ1n) is 7.94. The van der Waals surface area contributed by atoms with E-state index >= 15 is 0 Å². The van der Waals surface area contributed by atoms with Crippen LogP contribution >= 0.6 is 11.3 Å². The first kappa shape index (κ1) is 17.6. The molecule has 2 atom stereocenters. The lowest BCUT2D eigenvalue weighted by atomic mass is 9.95. The van der Waals surface area contributed by atoms with E-state index in [9.17, 15) is 0 Å². The number of hydrogen-bond donors (Lipinski definition) is 1. The van der Waals surface area contributed by atoms with Gasteiger partial charge in [0, 0.05) is 22.4 Å². The normalized spacial score (nSPS) is 15.7. The number of aromatic nitrogens is 1. The van der Waals surface area contributed by atoms with Gasteiger partial charge in [0.25, 0.3) is 0 Å². The summed E-state index contributed by atoms with van der Waals surface area (Å²) in [4.78, 5) is 6.17. The van der Waals surface area contributed by atoms with Crippen molar-refractivity contribution in [3.8, 4) is 0 Å². The largest absolute Gasteiger partial charge is 0.307 e. The Morgan fingerprint density at radius 2 is 1.70 bits per heavy atom. The van der Waals surface area contributed by atoms with E-state index in [1.165, 1.54) is 28.4 Å². The maximum absolute atomic E-state index is 4.77. The lowest BCUT2D eigenvalue weighted by Gasteiger charge is -2.26. The molecule has 0 aliphatic carbocycles. The van der Waals surface area contributed by atoms with Gasteiger partial charge in [-0.1, -0.05) is 47.5 Å². The van der Waals surface area contributed by atoms with Crippen LogP contribution in [0.25, 0.3) is 0 Å². The summed E-state index contributed by atoms with van der Waals surface area (Å²) in [6, 6.07) is 0.943. The zero-order chi connectivity index (χ0) is 15.5. The van der Waals surface area contributed by atoms with Gasteiger partial charge in [-0.2, -0.15) is 0 Å². The van der Waals surface area contributed by atoms with Gasteiger partial charge < -0.3 is 5.32 Å². The molecule has 0 radical (unpaired) electrons. The standard InChI is InChI=1S/C17H32N2S/c1-9-14(10-2)11(3)18-12(4)15-13(5)19-16(20-15)17(6,7)8/h11-12,14,18H,9-10H2,1-8H3. The number of aryl methyl sites for hydroxylation is 1. The Hall–Kier alpha value is -0.410. The quantitative estimate of drug-likeness (QED) is 0.778. The van der Waals surface area contributed by atoms with E-state index < -0.39 is 0 Å². The Morgan fingerprint density at radius 1 is 1.15 bits per heavy atom. The zero-order valence-corrected chi connectivity index (χ0v) is 15.3. The number of nitrogens with zero attached hydrogens (tertiary/aromatic N) is 1. The van der Waals surface area contributed by atoms with Crippen LogP contribution in [0.1, 0.15) is 82.9 Å². The Balaban J connectivity index is 2.82. The van der Waals surface area contributed by atoms with Crippen LogP contribution in [0.5, 0.6) is 0 Å². The molecule has 0 spiro atoms. The molecule has 0 fully saturated rings. The molecule has 1 heterocycles. The second-order valence-corrected chi connectivity index (χ2v) is 8.00. The molecule has 20 heavy (non-hydrogen) atoms. The summed E-state index contributed by atoms with van der Waals surface area (Å²) in [6.45, 7) is 18.0. The van der Waals surface area contributed by atoms with Gasteiger partial charge in [-0.25, -0.2) is 4.98 Å². The number of hydrogen-bond acceptors (Lipinski definition) is 3. The van der Waals surface area contributed by atoms with Crippen molar-refractivity contribution < 1.29 is 0 Å². The molecule has 0 saturated carbocycles. The Bertz CT molecular complexity index is 413. The van der Waals surface area contributed by atoms with Crippen molar-refractivity contribution in [1.82, 2.24) is 10.3 Å². The van der Waals surface area contributed by atoms with Gasteiger partial charge >= 0.3 is 0 Å². The molecule has 0 amide bonds. The number of thiazole rings is 1. The molecule has 116 valence electrons. The van der Waals surface area contributed by atoms with E-state index in [0.29, 0.717) is 12.1 Å². The monoisotopic (exact) mass is 296 g/mol. The van der Waals surface area contributed by atoms with Gasteiger partial charge in [0.1, 0.15) is 0 Å². The molecule has 0 bridgehead atoms. The fraction of sp³-hybridized carbons (Fsp3) is 0.824. The highest BCUT2D eigenvalue weighted by Gasteiger charge is 2.24. The van der Waals surface area contributed by atoms with Crippen molar-refractivity contribution in [2.24, 2.45) is 5.92 Å². The molecule has 0 saturated heterocycles. The first-order chi connectivity index (χ1) is 9.20. The summed E-state index contributed by atoms with van der Waals surface area (Å²) in [5, 5.41) is 5.02. The van der Waals surface area contributed by atoms with E-state index in [4.69, 9.17) is 4.98 Å². The van der Waals surface area contributed by atoms with Gasteiger partial charge in [-0.3, -0.25) is 0 Å². The van der Waals surface area contributed by atoms with Crippen LogP contribution in [0.3, 0.4) is 0 Å². The highest BCUT2D eigenvalue weighted by Crippen LogP contribution is 2.33. The van der Waals surface area contributed by atoms with Gasteiger partial charge in [0.05, 0.1) is 10.7 Å². The van der Waals surface area contributed by atoms with Gasteiger partial charge in [0.2, 0.25) is 0 Å². The number of rotatable bonds is 6. The lowest BCUT2D eigenvalue weighted by Crippen LogP contribution is -2.34. The lowest BCUT2D eigenvalue weighted by molar-refractivity contribution is 0.331. The van der Waals surface area contributed by atoms with Gasteiger partial charge in [0.15, 0.2) is 0 Å². The molecule has 3 heteroatoms. The molecule has 2 nitrogen and oxygen atoms in total. The average molecular weight is 297 g/mol. The summed E-state index contributed by atoms with van der Waals surface area (Å²) < 4.78 is 0. The van der Waals surface area contributed by atoms with Crippen LogP contribution < -0.4 is 5.32 Å². The Kier molecular flexibility index (Phi) is 6.21. The maximum Gasteiger partial charge on any atom is 0.0985 e. The SMILES string of the molecule is CCC(CC)C(C)NC(C)c1sc(C(C)(C)C)nc1C. The molecule has 1 N–H and O–H groups in total. The van der Waals surface area contributed by atoms with Gasteiger partial charge in [-0.15, -0.1) is 11.3 Å². The third-order valence-electron chi connectivity index (χ3n) is 4.14. The molecule has 1 rings (SSSR count). The topological polar surface area (TPSA) is 24.9 Å². The second kappa shape index (κ2) is 7.04. The molecule has 2 unspecified atom stereocenters. The minimum atomic E-state index is 0.147. The highest BCUT2D eigenvalue weighted by atomic mass is 32.1. The first-order valence-corrected chi connectivity index (χ1v) is 8.76. The van der Waals surface area contributed by atoms with Crippen molar-refractivity contribution in [3.63, 3.8) is 0 Å². The molecule has 1 aromatic heterocycles. The van der Waals surface area contributed by atoms with Crippen molar-refractivity contribution in [2.45, 2.75) is 85.7 Å². The van der Waals surface area contributed by atoms with Crippen molar-refractivity contribution >= 4 is 11.3 Å². The summed E-state index contributed by atoms with van der Waals surface area (Å²) >= 11 is 1.87. The molecular formula is C17H32N2S. The molecule has 0 aliphatic rings. The zero-order valence-electron chi connectivity index (χ0n) is 14.5. The summed E-state index contributed by atoms with van der Waals surface area (Å²) in [5.41, 5.74) is 1.34. The summed E-state index contributed by atoms with van der Waals surface area (Å²) in [5.74, 6) is 0.757. The molecular weight excluding hydrogens is 264 g/mol. The van der Waals surface area contributed by atoms with Crippen LogP contribution in [-0.2, 0) is 5.41 Å². The van der Waals surface area contributed by atoms with Crippen LogP contribution in [0.15, 0.2) is 0 Å². The van der Waals surface area contributed by atoms with Crippen molar-refractivity contribution in [3.05, 3.63) is 15.6 Å². The predicted octanol–water partition coefficient (Wildman–Crippen LogP) is 5.22. The maximum atomic E-state index is 4.77. The second-order valence-electron chi connectivity index (χ2n) is 6.97. The van der Waals surface area contributed by atoms with E-state index in [2.05, 4.69) is 60.7 Å². The van der Waals surface area contributed by atoms with Crippen LogP contribution in [-0.4, -0.2) is 11.0 Å². The van der Waals surface area contributed by atoms with E-state index in [0.717, 1.165) is 5.92 Å².